The van der Waals surface area contributed by atoms with E-state index < -0.39 is 10.0 Å². The number of ether oxygens (including phenoxy) is 2. The fourth-order valence-corrected chi connectivity index (χ4v) is 5.15. The number of pyridine rings is 1. The average Bonchev–Trinajstić information content (AvgIpc) is 3.25. The Labute approximate surface area is 168 Å². The van der Waals surface area contributed by atoms with Crippen LogP contribution >= 0.6 is 11.3 Å². The largest absolute Gasteiger partial charge is 0.486 e. The van der Waals surface area contributed by atoms with Crippen LogP contribution in [0.1, 0.15) is 10.4 Å². The molecule has 0 amide bonds. The summed E-state index contributed by atoms with van der Waals surface area (Å²) in [4.78, 5) is 5.45. The zero-order chi connectivity index (χ0) is 19.4. The molecule has 1 aromatic carbocycles. The third kappa shape index (κ3) is 4.19. The zero-order valence-electron chi connectivity index (χ0n) is 15.2. The maximum atomic E-state index is 13.4. The van der Waals surface area contributed by atoms with Crippen LogP contribution in [-0.4, -0.2) is 37.5 Å². The third-order valence-corrected chi connectivity index (χ3v) is 7.20. The highest BCUT2D eigenvalue weighted by Crippen LogP contribution is 2.33. The normalized spacial score (nSPS) is 13.6. The van der Waals surface area contributed by atoms with Gasteiger partial charge in [0.2, 0.25) is 10.0 Å². The van der Waals surface area contributed by atoms with Gasteiger partial charge < -0.3 is 9.47 Å². The molecule has 8 heteroatoms. The van der Waals surface area contributed by atoms with Crippen molar-refractivity contribution in [3.63, 3.8) is 0 Å². The SMILES string of the molecule is O=S(=O)(c1ccc2c(c1)OCCO2)N(CCc1cccs1)Cc1cccnc1. The Morgan fingerprint density at radius 1 is 1.07 bits per heavy atom. The Kier molecular flexibility index (Phi) is 5.61. The minimum absolute atomic E-state index is 0.201. The fourth-order valence-electron chi connectivity index (χ4n) is 3.00. The van der Waals surface area contributed by atoms with E-state index in [4.69, 9.17) is 9.47 Å². The average molecular weight is 417 g/mol. The van der Waals surface area contributed by atoms with Gasteiger partial charge in [-0.3, -0.25) is 4.98 Å². The molecule has 2 aromatic heterocycles. The number of rotatable bonds is 7. The van der Waals surface area contributed by atoms with Crippen LogP contribution in [0.25, 0.3) is 0 Å². The molecule has 0 bridgehead atoms. The number of hydrogen-bond donors (Lipinski definition) is 0. The molecule has 4 rings (SSSR count). The second-order valence-electron chi connectivity index (χ2n) is 6.33. The summed E-state index contributed by atoms with van der Waals surface area (Å²) in [6, 6.07) is 12.5. The number of benzene rings is 1. The lowest BCUT2D eigenvalue weighted by atomic mass is 10.3. The standard InChI is InChI=1S/C20H20N2O4S2/c23-28(24,18-5-6-19-20(13-18)26-11-10-25-19)22(9-7-17-4-2-12-27-17)15-16-3-1-8-21-14-16/h1-6,8,12-14H,7,9-11,15H2. The van der Waals surface area contributed by atoms with Crippen molar-refractivity contribution in [3.05, 3.63) is 70.7 Å². The first-order valence-corrected chi connectivity index (χ1v) is 11.3. The molecule has 0 saturated heterocycles. The van der Waals surface area contributed by atoms with Gasteiger partial charge in [0, 0.05) is 36.4 Å². The van der Waals surface area contributed by atoms with E-state index in [1.807, 2.05) is 29.6 Å². The molecule has 3 heterocycles. The summed E-state index contributed by atoms with van der Waals surface area (Å²) in [6.07, 6.45) is 4.02. The van der Waals surface area contributed by atoms with Crippen LogP contribution in [0, 0.1) is 0 Å². The smallest absolute Gasteiger partial charge is 0.243 e. The molecule has 0 spiro atoms. The Morgan fingerprint density at radius 3 is 2.68 bits per heavy atom. The monoisotopic (exact) mass is 416 g/mol. The maximum Gasteiger partial charge on any atom is 0.243 e. The molecule has 0 atom stereocenters. The summed E-state index contributed by atoms with van der Waals surface area (Å²) in [5.41, 5.74) is 0.842. The lowest BCUT2D eigenvalue weighted by Crippen LogP contribution is -2.32. The molecule has 146 valence electrons. The van der Waals surface area contributed by atoms with E-state index in [1.165, 1.54) is 4.31 Å². The second kappa shape index (κ2) is 8.30. The van der Waals surface area contributed by atoms with Gasteiger partial charge in [-0.15, -0.1) is 11.3 Å². The van der Waals surface area contributed by atoms with Gasteiger partial charge in [0.25, 0.3) is 0 Å². The van der Waals surface area contributed by atoms with E-state index in [9.17, 15) is 8.42 Å². The Hall–Kier alpha value is -2.42. The number of hydrogen-bond acceptors (Lipinski definition) is 6. The van der Waals surface area contributed by atoms with Crippen LogP contribution in [0.4, 0.5) is 0 Å². The number of fused-ring (bicyclic) bond motifs is 1. The summed E-state index contributed by atoms with van der Waals surface area (Å²) in [5.74, 6) is 1.04. The highest BCUT2D eigenvalue weighted by atomic mass is 32.2. The van der Waals surface area contributed by atoms with Gasteiger partial charge in [-0.05, 0) is 41.6 Å². The molecule has 0 fully saturated rings. The summed E-state index contributed by atoms with van der Waals surface area (Å²) >= 11 is 1.63. The Morgan fingerprint density at radius 2 is 1.93 bits per heavy atom. The summed E-state index contributed by atoms with van der Waals surface area (Å²) in [6.45, 7) is 1.52. The van der Waals surface area contributed by atoms with E-state index in [-0.39, 0.29) is 11.4 Å². The lowest BCUT2D eigenvalue weighted by Gasteiger charge is -2.24. The highest BCUT2D eigenvalue weighted by molar-refractivity contribution is 7.89. The first kappa shape index (κ1) is 18.9. The molecule has 0 N–H and O–H groups in total. The van der Waals surface area contributed by atoms with Gasteiger partial charge in [0.05, 0.1) is 4.90 Å². The van der Waals surface area contributed by atoms with Crippen molar-refractivity contribution < 1.29 is 17.9 Å². The van der Waals surface area contributed by atoms with Crippen LogP contribution in [0.15, 0.2) is 65.1 Å². The van der Waals surface area contributed by atoms with Crippen molar-refractivity contribution in [3.8, 4) is 11.5 Å². The van der Waals surface area contributed by atoms with Crippen LogP contribution in [-0.2, 0) is 23.0 Å². The Balaban J connectivity index is 1.63. The van der Waals surface area contributed by atoms with Crippen LogP contribution < -0.4 is 9.47 Å². The molecular weight excluding hydrogens is 396 g/mol. The fraction of sp³-hybridized carbons (Fsp3) is 0.250. The summed E-state index contributed by atoms with van der Waals surface area (Å²) in [7, 11) is -3.71. The summed E-state index contributed by atoms with van der Waals surface area (Å²) < 4.78 is 39.3. The Bertz CT molecular complexity index is 1020. The van der Waals surface area contributed by atoms with Crippen molar-refractivity contribution in [2.45, 2.75) is 17.9 Å². The number of nitrogens with zero attached hydrogens (tertiary/aromatic N) is 2. The van der Waals surface area contributed by atoms with Gasteiger partial charge in [0.15, 0.2) is 11.5 Å². The number of sulfonamides is 1. The molecule has 3 aromatic rings. The highest BCUT2D eigenvalue weighted by Gasteiger charge is 2.27. The topological polar surface area (TPSA) is 68.7 Å². The van der Waals surface area contributed by atoms with Gasteiger partial charge in [-0.1, -0.05) is 12.1 Å². The third-order valence-electron chi connectivity index (χ3n) is 4.42. The molecule has 0 radical (unpaired) electrons. The van der Waals surface area contributed by atoms with Crippen molar-refractivity contribution in [2.24, 2.45) is 0 Å². The number of thiophene rings is 1. The van der Waals surface area contributed by atoms with Gasteiger partial charge in [0.1, 0.15) is 13.2 Å². The van der Waals surface area contributed by atoms with Crippen molar-refractivity contribution in [1.29, 1.82) is 0 Å². The van der Waals surface area contributed by atoms with E-state index in [0.717, 1.165) is 10.4 Å². The maximum absolute atomic E-state index is 13.4. The van der Waals surface area contributed by atoms with Gasteiger partial charge >= 0.3 is 0 Å². The first-order chi connectivity index (χ1) is 13.6. The minimum atomic E-state index is -3.71. The zero-order valence-corrected chi connectivity index (χ0v) is 16.8. The van der Waals surface area contributed by atoms with Gasteiger partial charge in [-0.2, -0.15) is 4.31 Å². The molecule has 6 nitrogen and oxygen atoms in total. The van der Waals surface area contributed by atoms with Crippen LogP contribution in [0.3, 0.4) is 0 Å². The molecule has 0 unspecified atom stereocenters. The van der Waals surface area contributed by atoms with Gasteiger partial charge in [-0.25, -0.2) is 8.42 Å². The van der Waals surface area contributed by atoms with Crippen molar-refractivity contribution in [1.82, 2.24) is 9.29 Å². The minimum Gasteiger partial charge on any atom is -0.486 e. The van der Waals surface area contributed by atoms with Crippen LogP contribution in [0.2, 0.25) is 0 Å². The van der Waals surface area contributed by atoms with Crippen LogP contribution in [0.5, 0.6) is 11.5 Å². The predicted octanol–water partition coefficient (Wildman–Crippen LogP) is 3.35. The van der Waals surface area contributed by atoms with E-state index in [0.29, 0.717) is 37.7 Å². The molecule has 1 aliphatic rings. The van der Waals surface area contributed by atoms with E-state index in [1.54, 1.807) is 41.9 Å². The van der Waals surface area contributed by atoms with E-state index in [2.05, 4.69) is 4.98 Å². The number of aromatic nitrogens is 1. The lowest BCUT2D eigenvalue weighted by molar-refractivity contribution is 0.171. The molecule has 0 aliphatic carbocycles. The second-order valence-corrected chi connectivity index (χ2v) is 9.30. The molecule has 28 heavy (non-hydrogen) atoms. The van der Waals surface area contributed by atoms with Crippen molar-refractivity contribution in [2.75, 3.05) is 19.8 Å². The predicted molar refractivity (Wildman–Crippen MR) is 107 cm³/mol. The van der Waals surface area contributed by atoms with Crippen molar-refractivity contribution >= 4 is 21.4 Å². The molecular formula is C20H20N2O4S2. The first-order valence-electron chi connectivity index (χ1n) is 8.94. The molecule has 0 saturated carbocycles. The molecule has 1 aliphatic heterocycles. The quantitative estimate of drug-likeness (QED) is 0.591. The summed E-state index contributed by atoms with van der Waals surface area (Å²) in [5, 5.41) is 2.00. The van der Waals surface area contributed by atoms with E-state index >= 15 is 0 Å².